The second kappa shape index (κ2) is 12.8. The van der Waals surface area contributed by atoms with Gasteiger partial charge in [-0.1, -0.05) is 60.7 Å². The van der Waals surface area contributed by atoms with Gasteiger partial charge in [-0.3, -0.25) is 0 Å². The van der Waals surface area contributed by atoms with Gasteiger partial charge in [0.15, 0.2) is 0 Å². The predicted molar refractivity (Wildman–Crippen MR) is 154 cm³/mol. The summed E-state index contributed by atoms with van der Waals surface area (Å²) in [5.74, 6) is 3.48. The molecule has 0 aliphatic heterocycles. The van der Waals surface area contributed by atoms with Gasteiger partial charge in [-0.05, 0) is 75.2 Å². The van der Waals surface area contributed by atoms with Crippen LogP contribution in [-0.4, -0.2) is 40.8 Å². The molecule has 0 fully saturated rings. The highest BCUT2D eigenvalue weighted by Crippen LogP contribution is 2.45. The largest absolute Gasteiger partial charge is 0.497 e. The Balaban J connectivity index is 1.78. The third kappa shape index (κ3) is 6.01. The summed E-state index contributed by atoms with van der Waals surface area (Å²) in [6.45, 7) is 0. The molecule has 1 unspecified atom stereocenters. The maximum absolute atomic E-state index is 5.82. The Morgan fingerprint density at radius 1 is 0.472 bits per heavy atom. The van der Waals surface area contributed by atoms with Gasteiger partial charge < -0.3 is 18.9 Å². The molecule has 4 nitrogen and oxygen atoms in total. The average molecular weight is 519 g/mol. The standard InChI is InChI=1S/C30H32O4P2/c1-31-23-15-17-27(33-3)29(21-23)35(25-11-7-5-8-12-25)19-20-36(26-13-9-6-10-14-26)30-22-24(32-2)16-18-28(30)34-4/h5-18,21-22H,19-20H2,1-4H3/t35-,36?/m0/s1. The van der Waals surface area contributed by atoms with Crippen LogP contribution in [0.3, 0.4) is 0 Å². The zero-order valence-electron chi connectivity index (χ0n) is 21.2. The van der Waals surface area contributed by atoms with Gasteiger partial charge in [0.05, 0.1) is 28.4 Å². The van der Waals surface area contributed by atoms with E-state index in [2.05, 4.69) is 72.8 Å². The van der Waals surface area contributed by atoms with E-state index in [1.54, 1.807) is 28.4 Å². The van der Waals surface area contributed by atoms with Crippen molar-refractivity contribution in [2.45, 2.75) is 0 Å². The van der Waals surface area contributed by atoms with Crippen LogP contribution in [0.15, 0.2) is 97.1 Å². The maximum Gasteiger partial charge on any atom is 0.127 e. The van der Waals surface area contributed by atoms with Crippen LogP contribution in [0.2, 0.25) is 0 Å². The van der Waals surface area contributed by atoms with Crippen LogP contribution in [0.1, 0.15) is 0 Å². The van der Waals surface area contributed by atoms with Gasteiger partial charge in [-0.25, -0.2) is 0 Å². The summed E-state index contributed by atoms with van der Waals surface area (Å²) in [7, 11) is 5.50. The van der Waals surface area contributed by atoms with E-state index in [0.717, 1.165) is 35.3 Å². The Bertz CT molecular complexity index is 1150. The van der Waals surface area contributed by atoms with Gasteiger partial charge in [0.1, 0.15) is 23.0 Å². The van der Waals surface area contributed by atoms with Crippen LogP contribution in [0.4, 0.5) is 0 Å². The lowest BCUT2D eigenvalue weighted by molar-refractivity contribution is 0.406. The van der Waals surface area contributed by atoms with Crippen molar-refractivity contribution in [1.29, 1.82) is 0 Å². The molecule has 0 spiro atoms. The van der Waals surface area contributed by atoms with E-state index in [1.807, 2.05) is 24.3 Å². The second-order valence-corrected chi connectivity index (χ2v) is 12.7. The SMILES string of the molecule is COc1ccc(OC)c(P(CC[P@@](c2ccccc2)c2cc(OC)ccc2OC)c2ccccc2)c1. The smallest absolute Gasteiger partial charge is 0.127 e. The number of hydrogen-bond acceptors (Lipinski definition) is 4. The summed E-state index contributed by atoms with van der Waals surface area (Å²) in [6.07, 6.45) is 1.98. The molecule has 4 rings (SSSR count). The predicted octanol–water partition coefficient (Wildman–Crippen LogP) is 5.29. The molecule has 0 aliphatic rings. The first-order chi connectivity index (χ1) is 17.7. The minimum absolute atomic E-state index is 0.699. The van der Waals surface area contributed by atoms with Gasteiger partial charge in [0.2, 0.25) is 0 Å². The normalized spacial score (nSPS) is 12.4. The molecule has 0 N–H and O–H groups in total. The molecule has 4 aromatic carbocycles. The lowest BCUT2D eigenvalue weighted by Crippen LogP contribution is -2.21. The molecule has 2 atom stereocenters. The fourth-order valence-corrected chi connectivity index (χ4v) is 9.86. The summed E-state index contributed by atoms with van der Waals surface area (Å²) < 4.78 is 22.8. The Labute approximate surface area is 216 Å². The van der Waals surface area contributed by atoms with Crippen LogP contribution in [0.5, 0.6) is 23.0 Å². The quantitative estimate of drug-likeness (QED) is 0.253. The molecule has 0 amide bonds. The van der Waals surface area contributed by atoms with Crippen molar-refractivity contribution >= 4 is 37.1 Å². The number of hydrogen-bond donors (Lipinski definition) is 0. The van der Waals surface area contributed by atoms with Crippen LogP contribution < -0.4 is 40.2 Å². The molecule has 0 saturated carbocycles. The van der Waals surface area contributed by atoms with Gasteiger partial charge in [-0.15, -0.1) is 0 Å². The molecule has 0 heterocycles. The lowest BCUT2D eigenvalue weighted by Gasteiger charge is -2.26. The Hall–Kier alpha value is -3.06. The monoisotopic (exact) mass is 518 g/mol. The number of methoxy groups -OCH3 is 4. The number of benzene rings is 4. The summed E-state index contributed by atoms with van der Waals surface area (Å²) in [5.41, 5.74) is 0. The third-order valence-electron chi connectivity index (χ3n) is 6.04. The highest BCUT2D eigenvalue weighted by Gasteiger charge is 2.24. The minimum atomic E-state index is -0.699. The van der Waals surface area contributed by atoms with E-state index in [4.69, 9.17) is 18.9 Å². The zero-order chi connectivity index (χ0) is 25.3. The van der Waals surface area contributed by atoms with Crippen LogP contribution in [0.25, 0.3) is 0 Å². The first kappa shape index (κ1) is 26.0. The fraction of sp³-hybridized carbons (Fsp3) is 0.200. The van der Waals surface area contributed by atoms with Crippen molar-refractivity contribution in [2.75, 3.05) is 40.8 Å². The van der Waals surface area contributed by atoms with E-state index < -0.39 is 15.8 Å². The van der Waals surface area contributed by atoms with E-state index in [-0.39, 0.29) is 0 Å². The maximum atomic E-state index is 5.82. The molecule has 36 heavy (non-hydrogen) atoms. The summed E-state index contributed by atoms with van der Waals surface area (Å²) >= 11 is 0. The molecule has 0 saturated heterocycles. The molecule has 186 valence electrons. The van der Waals surface area contributed by atoms with Crippen molar-refractivity contribution in [1.82, 2.24) is 0 Å². The Morgan fingerprint density at radius 2 is 0.861 bits per heavy atom. The highest BCUT2D eigenvalue weighted by atomic mass is 31.1. The van der Waals surface area contributed by atoms with E-state index in [9.17, 15) is 0 Å². The van der Waals surface area contributed by atoms with Gasteiger partial charge in [-0.2, -0.15) is 0 Å². The van der Waals surface area contributed by atoms with E-state index >= 15 is 0 Å². The molecule has 0 aliphatic carbocycles. The molecule has 0 radical (unpaired) electrons. The first-order valence-electron chi connectivity index (χ1n) is 11.8. The highest BCUT2D eigenvalue weighted by molar-refractivity contribution is 7.76. The number of ether oxygens (including phenoxy) is 4. The summed E-state index contributed by atoms with van der Waals surface area (Å²) in [5, 5.41) is 5.02. The topological polar surface area (TPSA) is 36.9 Å². The molecule has 4 aromatic rings. The average Bonchev–Trinajstić information content (AvgIpc) is 2.95. The third-order valence-corrected chi connectivity index (χ3v) is 11.4. The second-order valence-electron chi connectivity index (χ2n) is 8.05. The van der Waals surface area contributed by atoms with Crippen molar-refractivity contribution in [3.8, 4) is 23.0 Å². The van der Waals surface area contributed by atoms with Crippen LogP contribution in [0, 0.1) is 0 Å². The Kier molecular flexibility index (Phi) is 9.23. The molecule has 0 aromatic heterocycles. The van der Waals surface area contributed by atoms with Crippen molar-refractivity contribution in [2.24, 2.45) is 0 Å². The van der Waals surface area contributed by atoms with Gasteiger partial charge >= 0.3 is 0 Å². The minimum Gasteiger partial charge on any atom is -0.497 e. The van der Waals surface area contributed by atoms with Crippen LogP contribution >= 0.6 is 15.8 Å². The van der Waals surface area contributed by atoms with Gasteiger partial charge in [0, 0.05) is 10.6 Å². The van der Waals surface area contributed by atoms with E-state index in [0.29, 0.717) is 0 Å². The van der Waals surface area contributed by atoms with E-state index in [1.165, 1.54) is 21.2 Å². The number of rotatable bonds is 11. The summed E-state index contributed by atoms with van der Waals surface area (Å²) in [6, 6.07) is 33.7. The molecule has 0 bridgehead atoms. The zero-order valence-corrected chi connectivity index (χ0v) is 23.0. The van der Waals surface area contributed by atoms with Crippen molar-refractivity contribution in [3.63, 3.8) is 0 Å². The molecule has 6 heteroatoms. The fourth-order valence-electron chi connectivity index (χ4n) is 4.21. The Morgan fingerprint density at radius 3 is 1.19 bits per heavy atom. The lowest BCUT2D eigenvalue weighted by atomic mass is 10.3. The molecular weight excluding hydrogens is 486 g/mol. The van der Waals surface area contributed by atoms with Gasteiger partial charge in [0.25, 0.3) is 0 Å². The molecular formula is C30H32O4P2. The van der Waals surface area contributed by atoms with Crippen LogP contribution in [-0.2, 0) is 0 Å². The first-order valence-corrected chi connectivity index (χ1v) is 14.8. The van der Waals surface area contributed by atoms with Crippen molar-refractivity contribution < 1.29 is 18.9 Å². The van der Waals surface area contributed by atoms with Crippen molar-refractivity contribution in [3.05, 3.63) is 97.1 Å². The summed E-state index contributed by atoms with van der Waals surface area (Å²) in [4.78, 5) is 0.